The van der Waals surface area contributed by atoms with Crippen LogP contribution in [0.2, 0.25) is 0 Å². The van der Waals surface area contributed by atoms with Gasteiger partial charge in [-0.15, -0.1) is 0 Å². The van der Waals surface area contributed by atoms with Crippen LogP contribution in [0.3, 0.4) is 0 Å². The first-order valence-corrected chi connectivity index (χ1v) is 5.29. The van der Waals surface area contributed by atoms with E-state index in [1.165, 1.54) is 38.0 Å². The SMILES string of the molecule is c1cc2c([nH]1)CC1CNCCC1C2. The molecular formula is C11H16N2. The molecule has 0 spiro atoms. The molecule has 2 nitrogen and oxygen atoms in total. The Kier molecular flexibility index (Phi) is 1.69. The summed E-state index contributed by atoms with van der Waals surface area (Å²) in [5.74, 6) is 1.84. The Morgan fingerprint density at radius 3 is 3.23 bits per heavy atom. The Bertz CT molecular complexity index is 274. The molecular weight excluding hydrogens is 160 g/mol. The topological polar surface area (TPSA) is 27.8 Å². The summed E-state index contributed by atoms with van der Waals surface area (Å²) in [6.07, 6.45) is 6.04. The standard InChI is InChI=1S/C11H16N2/c1-3-12-7-10-6-11-9(2-4-13-11)5-8(1)10/h2,4,8,10,12-13H,1,3,5-7H2. The Morgan fingerprint density at radius 1 is 1.23 bits per heavy atom. The highest BCUT2D eigenvalue weighted by atomic mass is 14.9. The maximum Gasteiger partial charge on any atom is 0.0183 e. The summed E-state index contributed by atoms with van der Waals surface area (Å²) < 4.78 is 0. The lowest BCUT2D eigenvalue weighted by Crippen LogP contribution is -2.40. The van der Waals surface area contributed by atoms with E-state index in [2.05, 4.69) is 22.6 Å². The van der Waals surface area contributed by atoms with Crippen molar-refractivity contribution < 1.29 is 0 Å². The van der Waals surface area contributed by atoms with E-state index in [0.717, 1.165) is 11.8 Å². The van der Waals surface area contributed by atoms with Crippen molar-refractivity contribution in [2.24, 2.45) is 11.8 Å². The van der Waals surface area contributed by atoms with Gasteiger partial charge in [-0.25, -0.2) is 0 Å². The molecule has 2 N–H and O–H groups in total. The Hall–Kier alpha value is -0.760. The van der Waals surface area contributed by atoms with Crippen molar-refractivity contribution in [1.82, 2.24) is 10.3 Å². The third-order valence-corrected chi connectivity index (χ3v) is 3.64. The number of aromatic nitrogens is 1. The first-order valence-electron chi connectivity index (χ1n) is 5.29. The first kappa shape index (κ1) is 7.63. The summed E-state index contributed by atoms with van der Waals surface area (Å²) in [5, 5.41) is 3.49. The van der Waals surface area contributed by atoms with Gasteiger partial charge in [0.05, 0.1) is 0 Å². The Morgan fingerprint density at radius 2 is 2.23 bits per heavy atom. The van der Waals surface area contributed by atoms with Crippen LogP contribution < -0.4 is 5.32 Å². The lowest BCUT2D eigenvalue weighted by atomic mass is 9.75. The van der Waals surface area contributed by atoms with Crippen LogP contribution in [0.5, 0.6) is 0 Å². The summed E-state index contributed by atoms with van der Waals surface area (Å²) in [5.41, 5.74) is 3.06. The van der Waals surface area contributed by atoms with Crippen LogP contribution in [0.1, 0.15) is 17.7 Å². The highest BCUT2D eigenvalue weighted by Gasteiger charge is 2.30. The van der Waals surface area contributed by atoms with E-state index in [9.17, 15) is 0 Å². The zero-order valence-corrected chi connectivity index (χ0v) is 7.84. The zero-order valence-electron chi connectivity index (χ0n) is 7.84. The van der Waals surface area contributed by atoms with Gasteiger partial charge in [0.15, 0.2) is 0 Å². The van der Waals surface area contributed by atoms with Crippen molar-refractivity contribution in [1.29, 1.82) is 0 Å². The minimum Gasteiger partial charge on any atom is -0.365 e. The highest BCUT2D eigenvalue weighted by molar-refractivity contribution is 5.25. The third kappa shape index (κ3) is 1.20. The van der Waals surface area contributed by atoms with Crippen LogP contribution in [0.4, 0.5) is 0 Å². The molecule has 2 unspecified atom stereocenters. The van der Waals surface area contributed by atoms with Crippen LogP contribution in [-0.2, 0) is 12.8 Å². The van der Waals surface area contributed by atoms with Gasteiger partial charge in [0.25, 0.3) is 0 Å². The van der Waals surface area contributed by atoms with E-state index in [-0.39, 0.29) is 0 Å². The predicted octanol–water partition coefficient (Wildman–Crippen LogP) is 1.34. The minimum absolute atomic E-state index is 0.889. The van der Waals surface area contributed by atoms with Crippen molar-refractivity contribution in [2.45, 2.75) is 19.3 Å². The van der Waals surface area contributed by atoms with Gasteiger partial charge in [-0.2, -0.15) is 0 Å². The van der Waals surface area contributed by atoms with Crippen molar-refractivity contribution in [2.75, 3.05) is 13.1 Å². The van der Waals surface area contributed by atoms with Gasteiger partial charge in [0.2, 0.25) is 0 Å². The number of H-pyrrole nitrogens is 1. The van der Waals surface area contributed by atoms with E-state index < -0.39 is 0 Å². The van der Waals surface area contributed by atoms with Gasteiger partial charge >= 0.3 is 0 Å². The van der Waals surface area contributed by atoms with Gasteiger partial charge in [0, 0.05) is 11.9 Å². The summed E-state index contributed by atoms with van der Waals surface area (Å²) in [7, 11) is 0. The second kappa shape index (κ2) is 2.88. The van der Waals surface area contributed by atoms with Crippen LogP contribution in [-0.4, -0.2) is 18.1 Å². The normalized spacial score (nSPS) is 32.3. The molecule has 2 atom stereocenters. The molecule has 1 fully saturated rings. The summed E-state index contributed by atoms with van der Waals surface area (Å²) in [6, 6.07) is 2.26. The molecule has 2 heteroatoms. The number of aromatic amines is 1. The maximum absolute atomic E-state index is 3.49. The maximum atomic E-state index is 3.49. The van der Waals surface area contributed by atoms with Gasteiger partial charge in [0.1, 0.15) is 0 Å². The molecule has 1 aliphatic carbocycles. The van der Waals surface area contributed by atoms with E-state index in [1.54, 1.807) is 5.56 Å². The monoisotopic (exact) mass is 176 g/mol. The molecule has 1 aromatic heterocycles. The molecule has 0 radical (unpaired) electrons. The average Bonchev–Trinajstić information content (AvgIpc) is 2.61. The van der Waals surface area contributed by atoms with Crippen LogP contribution >= 0.6 is 0 Å². The molecule has 3 rings (SSSR count). The third-order valence-electron chi connectivity index (χ3n) is 3.64. The van der Waals surface area contributed by atoms with Crippen LogP contribution in [0.25, 0.3) is 0 Å². The fourth-order valence-corrected chi connectivity index (χ4v) is 2.85. The van der Waals surface area contributed by atoms with Crippen LogP contribution in [0, 0.1) is 11.8 Å². The Balaban J connectivity index is 1.89. The zero-order chi connectivity index (χ0) is 8.67. The second-order valence-electron chi connectivity index (χ2n) is 4.40. The van der Waals surface area contributed by atoms with E-state index in [1.807, 2.05) is 0 Å². The number of hydrogen-bond donors (Lipinski definition) is 2. The van der Waals surface area contributed by atoms with Gasteiger partial charge in [-0.1, -0.05) is 0 Å². The van der Waals surface area contributed by atoms with Crippen molar-refractivity contribution in [3.8, 4) is 0 Å². The molecule has 2 aliphatic rings. The molecule has 2 heterocycles. The predicted molar refractivity (Wildman–Crippen MR) is 52.7 cm³/mol. The van der Waals surface area contributed by atoms with Crippen molar-refractivity contribution in [3.05, 3.63) is 23.5 Å². The smallest absolute Gasteiger partial charge is 0.0183 e. The molecule has 1 aliphatic heterocycles. The lowest BCUT2D eigenvalue weighted by Gasteiger charge is -2.35. The van der Waals surface area contributed by atoms with Gasteiger partial charge in [-0.3, -0.25) is 0 Å². The average molecular weight is 176 g/mol. The highest BCUT2D eigenvalue weighted by Crippen LogP contribution is 2.32. The number of piperidine rings is 1. The lowest BCUT2D eigenvalue weighted by molar-refractivity contribution is 0.236. The van der Waals surface area contributed by atoms with Gasteiger partial charge < -0.3 is 10.3 Å². The van der Waals surface area contributed by atoms with Crippen molar-refractivity contribution >= 4 is 0 Å². The van der Waals surface area contributed by atoms with E-state index in [0.29, 0.717) is 0 Å². The summed E-state index contributed by atoms with van der Waals surface area (Å²) in [4.78, 5) is 3.36. The Labute approximate surface area is 78.7 Å². The number of nitrogens with one attached hydrogen (secondary N) is 2. The molecule has 0 saturated carbocycles. The molecule has 70 valence electrons. The number of rotatable bonds is 0. The van der Waals surface area contributed by atoms with E-state index >= 15 is 0 Å². The number of fused-ring (bicyclic) bond motifs is 2. The molecule has 0 bridgehead atoms. The van der Waals surface area contributed by atoms with Crippen molar-refractivity contribution in [3.63, 3.8) is 0 Å². The quantitative estimate of drug-likeness (QED) is 0.613. The fourth-order valence-electron chi connectivity index (χ4n) is 2.85. The summed E-state index contributed by atoms with van der Waals surface area (Å²) >= 11 is 0. The summed E-state index contributed by atoms with van der Waals surface area (Å²) in [6.45, 7) is 2.45. The van der Waals surface area contributed by atoms with Crippen LogP contribution in [0.15, 0.2) is 12.3 Å². The second-order valence-corrected chi connectivity index (χ2v) is 4.40. The minimum atomic E-state index is 0.889. The molecule has 1 saturated heterocycles. The van der Waals surface area contributed by atoms with Gasteiger partial charge in [-0.05, 0) is 55.8 Å². The first-order chi connectivity index (χ1) is 6.43. The molecule has 0 aromatic carbocycles. The molecule has 1 aromatic rings. The van der Waals surface area contributed by atoms with E-state index in [4.69, 9.17) is 0 Å². The fraction of sp³-hybridized carbons (Fsp3) is 0.636. The molecule has 0 amide bonds. The largest absolute Gasteiger partial charge is 0.365 e. The number of hydrogen-bond acceptors (Lipinski definition) is 1. The molecule has 13 heavy (non-hydrogen) atoms.